The maximum atomic E-state index is 13.1. The standard InChI is InChI=1S/C74H144O17P2/c1-9-66(7)52-44-36-28-21-23-31-40-48-56-73(78)90-69(60-84-71(76)54-46-38-30-20-18-16-14-12-11-13-15-17-19-26-34-42-50-64(3)4)62-88-92(80,81)86-58-68(75)59-87-93(82,83)89-63-70(61-85-72(77)55-47-39-33-25-27-35-43-51-65(5)6)91-74(79)57-49-41-32-24-22-29-37-45-53-67(8)10-2/h64-70,75H,9-63H2,1-8H3,(H,80,81)(H,82,83)/t66?,67?,68?,69-,70-/m1/s1. The second kappa shape index (κ2) is 63.5. The van der Waals surface area contributed by atoms with Gasteiger partial charge < -0.3 is 33.8 Å². The van der Waals surface area contributed by atoms with Crippen LogP contribution in [0.15, 0.2) is 0 Å². The molecule has 0 saturated carbocycles. The molecular weight excluding hydrogens is 1220 g/mol. The fourth-order valence-corrected chi connectivity index (χ4v) is 12.7. The number of aliphatic hydroxyl groups excluding tert-OH is 1. The highest BCUT2D eigenvalue weighted by Crippen LogP contribution is 2.45. The molecule has 552 valence electrons. The summed E-state index contributed by atoms with van der Waals surface area (Å²) in [6.07, 6.45) is 47.3. The third-order valence-electron chi connectivity index (χ3n) is 17.8. The van der Waals surface area contributed by atoms with Crippen molar-refractivity contribution in [2.24, 2.45) is 23.7 Å². The zero-order valence-electron chi connectivity index (χ0n) is 60.9. The Hall–Kier alpha value is -1.94. The monoisotopic (exact) mass is 1370 g/mol. The first-order valence-electron chi connectivity index (χ1n) is 38.3. The average Bonchev–Trinajstić information content (AvgIpc) is 2.49. The smallest absolute Gasteiger partial charge is 0.462 e. The number of carbonyl (C=O) groups excluding carboxylic acids is 4. The van der Waals surface area contributed by atoms with Crippen LogP contribution >= 0.6 is 15.6 Å². The highest BCUT2D eigenvalue weighted by Gasteiger charge is 2.30. The van der Waals surface area contributed by atoms with Gasteiger partial charge in [0.15, 0.2) is 12.2 Å². The molecule has 0 aromatic rings. The van der Waals surface area contributed by atoms with E-state index in [4.69, 9.17) is 37.0 Å². The molecule has 5 unspecified atom stereocenters. The minimum Gasteiger partial charge on any atom is -0.462 e. The van der Waals surface area contributed by atoms with Gasteiger partial charge in [-0.25, -0.2) is 9.13 Å². The molecule has 0 aliphatic heterocycles. The summed E-state index contributed by atoms with van der Waals surface area (Å²) in [5, 5.41) is 10.6. The summed E-state index contributed by atoms with van der Waals surface area (Å²) in [5.74, 6) is 0.929. The molecule has 93 heavy (non-hydrogen) atoms. The fraction of sp³-hybridized carbons (Fsp3) is 0.946. The maximum Gasteiger partial charge on any atom is 0.472 e. The summed E-state index contributed by atoms with van der Waals surface area (Å²) in [7, 11) is -9.91. The molecule has 0 rings (SSSR count). The van der Waals surface area contributed by atoms with E-state index in [1.807, 2.05) is 0 Å². The van der Waals surface area contributed by atoms with Gasteiger partial charge in [-0.1, -0.05) is 319 Å². The molecule has 0 bridgehead atoms. The van der Waals surface area contributed by atoms with Gasteiger partial charge in [0.1, 0.15) is 19.3 Å². The first kappa shape index (κ1) is 91.1. The fourth-order valence-electron chi connectivity index (χ4n) is 11.1. The summed E-state index contributed by atoms with van der Waals surface area (Å²) in [6, 6.07) is 0. The molecule has 0 aliphatic carbocycles. The Bertz CT molecular complexity index is 1840. The van der Waals surface area contributed by atoms with Crippen LogP contribution in [0.4, 0.5) is 0 Å². The summed E-state index contributed by atoms with van der Waals surface area (Å²) >= 11 is 0. The van der Waals surface area contributed by atoms with E-state index in [1.54, 1.807) is 0 Å². The first-order valence-corrected chi connectivity index (χ1v) is 41.3. The third-order valence-corrected chi connectivity index (χ3v) is 19.7. The van der Waals surface area contributed by atoms with Crippen molar-refractivity contribution < 1.29 is 80.2 Å². The molecule has 0 spiro atoms. The van der Waals surface area contributed by atoms with Crippen LogP contribution in [0.5, 0.6) is 0 Å². The van der Waals surface area contributed by atoms with Crippen molar-refractivity contribution in [3.8, 4) is 0 Å². The number of esters is 4. The lowest BCUT2D eigenvalue weighted by Crippen LogP contribution is -2.30. The average molecular weight is 1370 g/mol. The second-order valence-corrected chi connectivity index (χ2v) is 31.0. The van der Waals surface area contributed by atoms with E-state index in [2.05, 4.69) is 55.4 Å². The quantitative estimate of drug-likeness (QED) is 0.0222. The zero-order valence-corrected chi connectivity index (χ0v) is 62.7. The van der Waals surface area contributed by atoms with Crippen LogP contribution in [0.1, 0.15) is 370 Å². The van der Waals surface area contributed by atoms with Crippen molar-refractivity contribution >= 4 is 39.5 Å². The van der Waals surface area contributed by atoms with Gasteiger partial charge in [0.05, 0.1) is 26.4 Å². The lowest BCUT2D eigenvalue weighted by Gasteiger charge is -2.21. The van der Waals surface area contributed by atoms with E-state index in [0.29, 0.717) is 31.6 Å². The largest absolute Gasteiger partial charge is 0.472 e. The number of ether oxygens (including phenoxy) is 4. The van der Waals surface area contributed by atoms with Crippen LogP contribution < -0.4 is 0 Å². The Balaban J connectivity index is 5.21. The van der Waals surface area contributed by atoms with Gasteiger partial charge in [-0.2, -0.15) is 0 Å². The Morgan fingerprint density at radius 3 is 0.763 bits per heavy atom. The van der Waals surface area contributed by atoms with Gasteiger partial charge in [-0.3, -0.25) is 37.3 Å². The molecule has 0 aromatic carbocycles. The van der Waals surface area contributed by atoms with Crippen LogP contribution in [-0.4, -0.2) is 96.7 Å². The Morgan fingerprint density at radius 2 is 0.516 bits per heavy atom. The van der Waals surface area contributed by atoms with Crippen LogP contribution in [0.3, 0.4) is 0 Å². The van der Waals surface area contributed by atoms with Gasteiger partial charge in [-0.15, -0.1) is 0 Å². The minimum atomic E-state index is -4.96. The summed E-state index contributed by atoms with van der Waals surface area (Å²) in [6.45, 7) is 14.1. The molecule has 0 fully saturated rings. The van der Waals surface area contributed by atoms with Gasteiger partial charge in [-0.05, 0) is 49.4 Å². The summed E-state index contributed by atoms with van der Waals surface area (Å²) < 4.78 is 68.4. The van der Waals surface area contributed by atoms with Crippen LogP contribution in [-0.2, 0) is 65.4 Å². The maximum absolute atomic E-state index is 13.1. The van der Waals surface area contributed by atoms with E-state index in [1.165, 1.54) is 167 Å². The molecular formula is C74H144O17P2. The van der Waals surface area contributed by atoms with E-state index >= 15 is 0 Å². The van der Waals surface area contributed by atoms with Crippen LogP contribution in [0.2, 0.25) is 0 Å². The van der Waals surface area contributed by atoms with E-state index < -0.39 is 97.5 Å². The van der Waals surface area contributed by atoms with Crippen molar-refractivity contribution in [3.63, 3.8) is 0 Å². The molecule has 3 N–H and O–H groups in total. The van der Waals surface area contributed by atoms with Gasteiger partial charge in [0.25, 0.3) is 0 Å². The van der Waals surface area contributed by atoms with Gasteiger partial charge in [0.2, 0.25) is 0 Å². The molecule has 0 amide bonds. The van der Waals surface area contributed by atoms with E-state index in [-0.39, 0.29) is 25.7 Å². The SMILES string of the molecule is CCC(C)CCCCCCCCCCC(=O)O[C@H](COC(=O)CCCCCCCCCCCCCCCCCCC(C)C)COP(=O)(O)OCC(O)COP(=O)(O)OC[C@@H](COC(=O)CCCCCCCCCC(C)C)OC(=O)CCCCCCCCCCC(C)CC. The number of unbranched alkanes of at least 4 members (excludes halogenated alkanes) is 35. The van der Waals surface area contributed by atoms with Gasteiger partial charge in [0, 0.05) is 25.7 Å². The molecule has 19 heteroatoms. The van der Waals surface area contributed by atoms with E-state index in [0.717, 1.165) is 114 Å². The molecule has 0 radical (unpaired) electrons. The van der Waals surface area contributed by atoms with Crippen LogP contribution in [0, 0.1) is 23.7 Å². The number of hydrogen-bond acceptors (Lipinski definition) is 15. The lowest BCUT2D eigenvalue weighted by molar-refractivity contribution is -0.161. The van der Waals surface area contributed by atoms with E-state index in [9.17, 15) is 43.2 Å². The molecule has 0 heterocycles. The molecule has 0 aromatic heterocycles. The predicted octanol–water partition coefficient (Wildman–Crippen LogP) is 21.3. The number of hydrogen-bond donors (Lipinski definition) is 3. The third kappa shape index (κ3) is 65.8. The Labute approximate surface area is 568 Å². The van der Waals surface area contributed by atoms with Crippen molar-refractivity contribution in [3.05, 3.63) is 0 Å². The second-order valence-electron chi connectivity index (χ2n) is 28.1. The summed E-state index contributed by atoms with van der Waals surface area (Å²) in [4.78, 5) is 72.7. The highest BCUT2D eigenvalue weighted by atomic mass is 31.2. The molecule has 7 atom stereocenters. The number of phosphoric acid groups is 2. The first-order chi connectivity index (χ1) is 44.7. The Kier molecular flexibility index (Phi) is 62.2. The minimum absolute atomic E-state index is 0.104. The number of rotatable bonds is 71. The van der Waals surface area contributed by atoms with Crippen LogP contribution in [0.25, 0.3) is 0 Å². The number of carbonyl (C=O) groups is 4. The topological polar surface area (TPSA) is 237 Å². The number of phosphoric ester groups is 2. The Morgan fingerprint density at radius 1 is 0.301 bits per heavy atom. The molecule has 17 nitrogen and oxygen atoms in total. The zero-order chi connectivity index (χ0) is 68.9. The predicted molar refractivity (Wildman–Crippen MR) is 377 cm³/mol. The molecule has 0 aliphatic rings. The van der Waals surface area contributed by atoms with Crippen molar-refractivity contribution in [1.82, 2.24) is 0 Å². The summed E-state index contributed by atoms with van der Waals surface area (Å²) in [5.41, 5.74) is 0. The highest BCUT2D eigenvalue weighted by molar-refractivity contribution is 7.47. The van der Waals surface area contributed by atoms with Gasteiger partial charge >= 0.3 is 39.5 Å². The van der Waals surface area contributed by atoms with Crippen molar-refractivity contribution in [2.75, 3.05) is 39.6 Å². The lowest BCUT2D eigenvalue weighted by atomic mass is 9.99. The number of aliphatic hydroxyl groups is 1. The normalized spacial score (nSPS) is 14.8. The van der Waals surface area contributed by atoms with Crippen molar-refractivity contribution in [1.29, 1.82) is 0 Å². The van der Waals surface area contributed by atoms with Crippen molar-refractivity contribution in [2.45, 2.75) is 388 Å². The molecule has 0 saturated heterocycles.